The van der Waals surface area contributed by atoms with Crippen LogP contribution in [0.25, 0.3) is 0 Å². The zero-order chi connectivity index (χ0) is 18.6. The van der Waals surface area contributed by atoms with Gasteiger partial charge in [-0.15, -0.1) is 5.06 Å². The largest absolute Gasteiger partial charge is 0.333 e. The zero-order valence-electron chi connectivity index (χ0n) is 14.0. The summed E-state index contributed by atoms with van der Waals surface area (Å²) in [6.07, 6.45) is 3.19. The molecule has 0 aromatic heterocycles. The van der Waals surface area contributed by atoms with Gasteiger partial charge < -0.3 is 10.6 Å². The van der Waals surface area contributed by atoms with Gasteiger partial charge in [0.15, 0.2) is 0 Å². The fourth-order valence-electron chi connectivity index (χ4n) is 2.85. The number of amides is 4. The predicted octanol–water partition coefficient (Wildman–Crippen LogP) is -0.0001000. The Bertz CT molecular complexity index is 595. The van der Waals surface area contributed by atoms with Gasteiger partial charge in [0, 0.05) is 31.4 Å². The van der Waals surface area contributed by atoms with E-state index in [1.165, 1.54) is 12.2 Å². The van der Waals surface area contributed by atoms with Crippen LogP contribution in [0.4, 0.5) is 0 Å². The summed E-state index contributed by atoms with van der Waals surface area (Å²) in [7, 11) is 0. The van der Waals surface area contributed by atoms with Crippen molar-refractivity contribution in [2.75, 3.05) is 0 Å². The lowest BCUT2D eigenvalue weighted by Crippen LogP contribution is -2.50. The third-order valence-corrected chi connectivity index (χ3v) is 4.30. The van der Waals surface area contributed by atoms with Crippen LogP contribution in [0.1, 0.15) is 45.4 Å². The first-order chi connectivity index (χ1) is 11.8. The molecule has 2 heterocycles. The predicted molar refractivity (Wildman–Crippen MR) is 83.8 cm³/mol. The number of hydrogen-bond acceptors (Lipinski definition) is 7. The van der Waals surface area contributed by atoms with Crippen LogP contribution in [0.5, 0.6) is 0 Å². The van der Waals surface area contributed by atoms with E-state index in [2.05, 4.69) is 0 Å². The molecule has 0 aromatic carbocycles. The van der Waals surface area contributed by atoms with Crippen LogP contribution in [-0.2, 0) is 28.8 Å². The number of hydrogen-bond donors (Lipinski definition) is 1. The molecule has 2 N–H and O–H groups in total. The van der Waals surface area contributed by atoms with E-state index < -0.39 is 35.8 Å². The van der Waals surface area contributed by atoms with Crippen molar-refractivity contribution in [3.63, 3.8) is 0 Å². The minimum Gasteiger partial charge on any atom is -0.330 e. The second-order valence-corrected chi connectivity index (χ2v) is 5.98. The van der Waals surface area contributed by atoms with E-state index in [1.54, 1.807) is 0 Å². The fraction of sp³-hybridized carbons (Fsp3) is 0.562. The van der Waals surface area contributed by atoms with Gasteiger partial charge in [-0.1, -0.05) is 13.3 Å². The first-order valence-corrected chi connectivity index (χ1v) is 8.22. The van der Waals surface area contributed by atoms with Gasteiger partial charge in [0.05, 0.1) is 6.17 Å². The summed E-state index contributed by atoms with van der Waals surface area (Å²) in [6.45, 7) is 1.88. The van der Waals surface area contributed by atoms with Crippen molar-refractivity contribution in [2.24, 2.45) is 11.7 Å². The smallest absolute Gasteiger partial charge is 0.330 e. The third kappa shape index (κ3) is 4.30. The highest BCUT2D eigenvalue weighted by molar-refractivity contribution is 6.13. The van der Waals surface area contributed by atoms with E-state index in [4.69, 9.17) is 10.6 Å². The SMILES string of the molecule is CCC(CCCC(=O)ON1C(=O)CCC1=O)C(N)N1C(=O)C=CC1=O. The van der Waals surface area contributed by atoms with E-state index in [-0.39, 0.29) is 25.2 Å². The molecule has 0 aromatic rings. The Morgan fingerprint density at radius 3 is 2.24 bits per heavy atom. The Morgan fingerprint density at radius 2 is 1.72 bits per heavy atom. The lowest BCUT2D eigenvalue weighted by atomic mass is 9.95. The highest BCUT2D eigenvalue weighted by Gasteiger charge is 2.34. The van der Waals surface area contributed by atoms with Crippen molar-refractivity contribution in [3.05, 3.63) is 12.2 Å². The zero-order valence-corrected chi connectivity index (χ0v) is 14.0. The lowest BCUT2D eigenvalue weighted by molar-refractivity contribution is -0.197. The van der Waals surface area contributed by atoms with E-state index >= 15 is 0 Å². The van der Waals surface area contributed by atoms with Crippen LogP contribution in [0.2, 0.25) is 0 Å². The van der Waals surface area contributed by atoms with Gasteiger partial charge in [-0.3, -0.25) is 24.1 Å². The van der Waals surface area contributed by atoms with Gasteiger partial charge in [-0.2, -0.15) is 0 Å². The van der Waals surface area contributed by atoms with E-state index in [0.717, 1.165) is 4.90 Å². The lowest BCUT2D eigenvalue weighted by Gasteiger charge is -2.29. The normalized spacial score (nSPS) is 19.8. The molecule has 2 atom stereocenters. The van der Waals surface area contributed by atoms with Crippen molar-refractivity contribution in [3.8, 4) is 0 Å². The number of imide groups is 2. The van der Waals surface area contributed by atoms with Crippen molar-refractivity contribution in [2.45, 2.75) is 51.6 Å². The molecule has 0 saturated carbocycles. The Kier molecular flexibility index (Phi) is 6.02. The number of carbonyl (C=O) groups is 5. The highest BCUT2D eigenvalue weighted by Crippen LogP contribution is 2.21. The monoisotopic (exact) mass is 351 g/mol. The van der Waals surface area contributed by atoms with E-state index in [9.17, 15) is 24.0 Å². The number of nitrogens with two attached hydrogens (primary N) is 1. The summed E-state index contributed by atoms with van der Waals surface area (Å²) in [5.41, 5.74) is 6.03. The molecule has 2 rings (SSSR count). The molecule has 0 bridgehead atoms. The maximum atomic E-state index is 11.8. The van der Waals surface area contributed by atoms with Crippen molar-refractivity contribution < 1.29 is 28.8 Å². The topological polar surface area (TPSA) is 127 Å². The molecule has 2 unspecified atom stereocenters. The maximum absolute atomic E-state index is 11.8. The molecule has 1 saturated heterocycles. The Morgan fingerprint density at radius 1 is 1.16 bits per heavy atom. The average Bonchev–Trinajstić information content (AvgIpc) is 3.07. The van der Waals surface area contributed by atoms with E-state index in [1.807, 2.05) is 6.92 Å². The molecular weight excluding hydrogens is 330 g/mol. The van der Waals surface area contributed by atoms with Gasteiger partial charge in [0.25, 0.3) is 23.6 Å². The minimum absolute atomic E-state index is 0.000420. The van der Waals surface area contributed by atoms with Gasteiger partial charge in [-0.05, 0) is 18.8 Å². The minimum atomic E-state index is -0.766. The molecule has 9 heteroatoms. The average molecular weight is 351 g/mol. The van der Waals surface area contributed by atoms with Crippen LogP contribution in [-0.4, -0.2) is 45.7 Å². The summed E-state index contributed by atoms with van der Waals surface area (Å²) in [5, 5.41) is 0.513. The summed E-state index contributed by atoms with van der Waals surface area (Å²) >= 11 is 0. The summed E-state index contributed by atoms with van der Waals surface area (Å²) in [5.74, 6) is -2.78. The quantitative estimate of drug-likeness (QED) is 0.610. The van der Waals surface area contributed by atoms with Gasteiger partial charge >= 0.3 is 5.97 Å². The number of hydroxylamine groups is 2. The number of carbonyl (C=O) groups excluding carboxylic acids is 5. The van der Waals surface area contributed by atoms with Crippen LogP contribution in [0.3, 0.4) is 0 Å². The number of nitrogens with zero attached hydrogens (tertiary/aromatic N) is 2. The molecule has 136 valence electrons. The van der Waals surface area contributed by atoms with Crippen molar-refractivity contribution >= 4 is 29.6 Å². The Balaban J connectivity index is 1.79. The Labute approximate surface area is 144 Å². The summed E-state index contributed by atoms with van der Waals surface area (Å²) in [6, 6.07) is 0. The second-order valence-electron chi connectivity index (χ2n) is 5.98. The maximum Gasteiger partial charge on any atom is 0.333 e. The van der Waals surface area contributed by atoms with Crippen LogP contribution in [0.15, 0.2) is 12.2 Å². The second kappa shape index (κ2) is 8.02. The summed E-state index contributed by atoms with van der Waals surface area (Å²) in [4.78, 5) is 63.7. The van der Waals surface area contributed by atoms with Crippen LogP contribution >= 0.6 is 0 Å². The molecule has 25 heavy (non-hydrogen) atoms. The van der Waals surface area contributed by atoms with E-state index in [0.29, 0.717) is 24.3 Å². The molecule has 1 fully saturated rings. The molecular formula is C16H21N3O6. The molecule has 4 amide bonds. The fourth-order valence-corrected chi connectivity index (χ4v) is 2.85. The first-order valence-electron chi connectivity index (χ1n) is 8.22. The number of rotatable bonds is 8. The molecule has 0 aliphatic carbocycles. The standard InChI is InChI=1S/C16H21N3O6/c1-2-10(16(17)18-11(20)6-7-12(18)21)4-3-5-15(24)25-19-13(22)8-9-14(19)23/h6-7,10,16H,2-5,8-9,17H2,1H3. The highest BCUT2D eigenvalue weighted by atomic mass is 16.7. The molecule has 2 aliphatic heterocycles. The first kappa shape index (κ1) is 18.8. The summed E-state index contributed by atoms with van der Waals surface area (Å²) < 4.78 is 0. The van der Waals surface area contributed by atoms with Crippen molar-refractivity contribution in [1.29, 1.82) is 0 Å². The van der Waals surface area contributed by atoms with Crippen LogP contribution in [0, 0.1) is 5.92 Å². The van der Waals surface area contributed by atoms with Gasteiger partial charge in [0.1, 0.15) is 0 Å². The Hall–Kier alpha value is -2.55. The van der Waals surface area contributed by atoms with Gasteiger partial charge in [0.2, 0.25) is 0 Å². The van der Waals surface area contributed by atoms with Crippen LogP contribution < -0.4 is 5.73 Å². The third-order valence-electron chi connectivity index (χ3n) is 4.30. The molecule has 0 spiro atoms. The van der Waals surface area contributed by atoms with Gasteiger partial charge in [-0.25, -0.2) is 4.79 Å². The molecule has 9 nitrogen and oxygen atoms in total. The van der Waals surface area contributed by atoms with Crippen molar-refractivity contribution in [1.82, 2.24) is 9.96 Å². The molecule has 0 radical (unpaired) electrons. The molecule has 2 aliphatic rings.